The molecule has 0 saturated carbocycles. The molecule has 110 valence electrons. The Labute approximate surface area is 121 Å². The van der Waals surface area contributed by atoms with Crippen LogP contribution in [0.25, 0.3) is 0 Å². The maximum Gasteiger partial charge on any atom is 0.124 e. The molecule has 0 aliphatic carbocycles. The lowest BCUT2D eigenvalue weighted by atomic mass is 9.96. The van der Waals surface area contributed by atoms with Gasteiger partial charge in [-0.15, -0.1) is 0 Å². The lowest BCUT2D eigenvalue weighted by Gasteiger charge is -2.37. The number of hydrogen-bond acceptors (Lipinski definition) is 4. The average Bonchev–Trinajstić information content (AvgIpc) is 2.99. The quantitative estimate of drug-likeness (QED) is 0.903. The van der Waals surface area contributed by atoms with Crippen LogP contribution in [0.3, 0.4) is 0 Å². The highest BCUT2D eigenvalue weighted by molar-refractivity contribution is 5.38. The van der Waals surface area contributed by atoms with Gasteiger partial charge in [0.1, 0.15) is 12.4 Å². The second kappa shape index (κ2) is 6.12. The Hall–Kier alpha value is -1.10. The standard InChI is InChI=1S/C16H25N3O/c1-18(10-11-19-8-4-5-9-19)14-12-20-15-7-3-2-6-13(15)16(14)17/h2-3,6-7,14,16H,4-5,8-12,17H2,1H3. The minimum atomic E-state index is 0.0449. The van der Waals surface area contributed by atoms with E-state index in [1.54, 1.807) is 0 Å². The van der Waals surface area contributed by atoms with E-state index in [0.717, 1.165) is 24.4 Å². The van der Waals surface area contributed by atoms with E-state index in [0.29, 0.717) is 6.61 Å². The molecule has 1 fully saturated rings. The molecule has 0 amide bonds. The largest absolute Gasteiger partial charge is 0.492 e. The van der Waals surface area contributed by atoms with Crippen molar-refractivity contribution >= 4 is 0 Å². The van der Waals surface area contributed by atoms with Crippen LogP contribution in [0, 0.1) is 0 Å². The molecule has 0 aromatic heterocycles. The zero-order valence-corrected chi connectivity index (χ0v) is 12.3. The fourth-order valence-corrected chi connectivity index (χ4v) is 3.25. The Morgan fingerprint density at radius 1 is 1.30 bits per heavy atom. The molecule has 20 heavy (non-hydrogen) atoms. The van der Waals surface area contributed by atoms with Crippen molar-refractivity contribution in [1.29, 1.82) is 0 Å². The summed E-state index contributed by atoms with van der Waals surface area (Å²) in [7, 11) is 2.16. The summed E-state index contributed by atoms with van der Waals surface area (Å²) >= 11 is 0. The van der Waals surface area contributed by atoms with Gasteiger partial charge in [-0.3, -0.25) is 4.90 Å². The first-order valence-corrected chi connectivity index (χ1v) is 7.65. The van der Waals surface area contributed by atoms with E-state index in [4.69, 9.17) is 10.5 Å². The van der Waals surface area contributed by atoms with Crippen LogP contribution in [0.1, 0.15) is 24.4 Å². The highest BCUT2D eigenvalue weighted by Gasteiger charge is 2.30. The zero-order valence-electron chi connectivity index (χ0n) is 12.3. The molecule has 2 heterocycles. The second-order valence-electron chi connectivity index (χ2n) is 5.97. The summed E-state index contributed by atoms with van der Waals surface area (Å²) in [5.41, 5.74) is 7.58. The Balaban J connectivity index is 1.59. The van der Waals surface area contributed by atoms with Crippen molar-refractivity contribution in [1.82, 2.24) is 9.80 Å². The van der Waals surface area contributed by atoms with Crippen molar-refractivity contribution in [2.45, 2.75) is 24.9 Å². The van der Waals surface area contributed by atoms with Gasteiger partial charge < -0.3 is 15.4 Å². The predicted molar refractivity (Wildman–Crippen MR) is 81.0 cm³/mol. The highest BCUT2D eigenvalue weighted by Crippen LogP contribution is 2.31. The van der Waals surface area contributed by atoms with Crippen LogP contribution in [0.4, 0.5) is 0 Å². The monoisotopic (exact) mass is 275 g/mol. The smallest absolute Gasteiger partial charge is 0.124 e. The first-order valence-electron chi connectivity index (χ1n) is 7.65. The van der Waals surface area contributed by atoms with Gasteiger partial charge in [0.05, 0.1) is 12.1 Å². The summed E-state index contributed by atoms with van der Waals surface area (Å²) in [6.07, 6.45) is 2.70. The number of nitrogens with zero attached hydrogens (tertiary/aromatic N) is 2. The van der Waals surface area contributed by atoms with Crippen LogP contribution in [-0.2, 0) is 0 Å². The fraction of sp³-hybridized carbons (Fsp3) is 0.625. The summed E-state index contributed by atoms with van der Waals surface area (Å²) in [6, 6.07) is 8.45. The van der Waals surface area contributed by atoms with Gasteiger partial charge in [0.2, 0.25) is 0 Å². The van der Waals surface area contributed by atoms with E-state index in [1.165, 1.54) is 25.9 Å². The second-order valence-corrected chi connectivity index (χ2v) is 5.97. The normalized spacial score (nSPS) is 26.6. The SMILES string of the molecule is CN(CCN1CCCC1)C1COc2ccccc2C1N. The van der Waals surface area contributed by atoms with Gasteiger partial charge in [-0.1, -0.05) is 18.2 Å². The molecule has 0 bridgehead atoms. The molecule has 3 rings (SSSR count). The van der Waals surface area contributed by atoms with E-state index >= 15 is 0 Å². The molecule has 2 aliphatic rings. The van der Waals surface area contributed by atoms with Gasteiger partial charge in [-0.2, -0.15) is 0 Å². The minimum Gasteiger partial charge on any atom is -0.492 e. The van der Waals surface area contributed by atoms with Gasteiger partial charge in [0.15, 0.2) is 0 Å². The van der Waals surface area contributed by atoms with Crippen LogP contribution in [-0.4, -0.2) is 55.7 Å². The van der Waals surface area contributed by atoms with Crippen molar-refractivity contribution in [3.63, 3.8) is 0 Å². The highest BCUT2D eigenvalue weighted by atomic mass is 16.5. The van der Waals surface area contributed by atoms with Crippen LogP contribution in [0.15, 0.2) is 24.3 Å². The number of ether oxygens (including phenoxy) is 1. The van der Waals surface area contributed by atoms with Crippen LogP contribution in [0.5, 0.6) is 5.75 Å². The average molecular weight is 275 g/mol. The number of likely N-dealkylation sites (N-methyl/N-ethyl adjacent to an activating group) is 1. The van der Waals surface area contributed by atoms with Gasteiger partial charge in [0, 0.05) is 18.7 Å². The molecule has 4 heteroatoms. The van der Waals surface area contributed by atoms with Gasteiger partial charge in [0.25, 0.3) is 0 Å². The third-order valence-electron chi connectivity index (χ3n) is 4.64. The Morgan fingerprint density at radius 3 is 2.85 bits per heavy atom. The molecule has 1 saturated heterocycles. The lowest BCUT2D eigenvalue weighted by molar-refractivity contribution is 0.110. The number of nitrogens with two attached hydrogens (primary N) is 1. The summed E-state index contributed by atoms with van der Waals surface area (Å²) < 4.78 is 5.86. The van der Waals surface area contributed by atoms with E-state index in [-0.39, 0.29) is 12.1 Å². The van der Waals surface area contributed by atoms with Crippen molar-refractivity contribution in [2.24, 2.45) is 5.73 Å². The topological polar surface area (TPSA) is 41.7 Å². The van der Waals surface area contributed by atoms with Crippen molar-refractivity contribution in [3.8, 4) is 5.75 Å². The molecule has 4 nitrogen and oxygen atoms in total. The molecular formula is C16H25N3O. The first kappa shape index (κ1) is 13.9. The van der Waals surface area contributed by atoms with Gasteiger partial charge in [-0.25, -0.2) is 0 Å². The van der Waals surface area contributed by atoms with Crippen LogP contribution in [0.2, 0.25) is 0 Å². The number of fused-ring (bicyclic) bond motifs is 1. The Morgan fingerprint density at radius 2 is 2.05 bits per heavy atom. The van der Waals surface area contributed by atoms with E-state index in [9.17, 15) is 0 Å². The maximum atomic E-state index is 6.44. The first-order chi connectivity index (χ1) is 9.75. The number of rotatable bonds is 4. The zero-order chi connectivity index (χ0) is 13.9. The summed E-state index contributed by atoms with van der Waals surface area (Å²) in [5.74, 6) is 0.948. The molecule has 2 atom stereocenters. The van der Waals surface area contributed by atoms with E-state index in [1.807, 2.05) is 18.2 Å². The number of benzene rings is 1. The minimum absolute atomic E-state index is 0.0449. The van der Waals surface area contributed by atoms with E-state index in [2.05, 4.69) is 22.9 Å². The number of likely N-dealkylation sites (tertiary alicyclic amines) is 1. The Kier molecular flexibility index (Phi) is 4.24. The van der Waals surface area contributed by atoms with Crippen molar-refractivity contribution < 1.29 is 4.74 Å². The van der Waals surface area contributed by atoms with E-state index < -0.39 is 0 Å². The maximum absolute atomic E-state index is 6.44. The molecule has 0 spiro atoms. The summed E-state index contributed by atoms with van der Waals surface area (Å²) in [4.78, 5) is 4.90. The molecule has 2 unspecified atom stereocenters. The Bertz CT molecular complexity index is 445. The summed E-state index contributed by atoms with van der Waals surface area (Å²) in [6.45, 7) is 5.40. The predicted octanol–water partition coefficient (Wildman–Crippen LogP) is 1.47. The fourth-order valence-electron chi connectivity index (χ4n) is 3.25. The van der Waals surface area contributed by atoms with Crippen molar-refractivity contribution in [3.05, 3.63) is 29.8 Å². The van der Waals surface area contributed by atoms with Gasteiger partial charge >= 0.3 is 0 Å². The van der Waals surface area contributed by atoms with Gasteiger partial charge in [-0.05, 0) is 39.0 Å². The molecule has 0 radical (unpaired) electrons. The molecular weight excluding hydrogens is 250 g/mol. The lowest BCUT2D eigenvalue weighted by Crippen LogP contribution is -2.48. The third-order valence-corrected chi connectivity index (χ3v) is 4.64. The molecule has 2 N–H and O–H groups in total. The molecule has 1 aromatic carbocycles. The molecule has 1 aromatic rings. The van der Waals surface area contributed by atoms with Crippen LogP contribution >= 0.6 is 0 Å². The van der Waals surface area contributed by atoms with Crippen LogP contribution < -0.4 is 10.5 Å². The number of para-hydroxylation sites is 1. The summed E-state index contributed by atoms with van der Waals surface area (Å²) in [5, 5.41) is 0. The number of hydrogen-bond donors (Lipinski definition) is 1. The molecule has 2 aliphatic heterocycles. The van der Waals surface area contributed by atoms with Crippen molar-refractivity contribution in [2.75, 3.05) is 39.8 Å². The third kappa shape index (κ3) is 2.82.